The first kappa shape index (κ1) is 16.5. The molecule has 0 bridgehead atoms. The average Bonchev–Trinajstić information content (AvgIpc) is 2.84. The van der Waals surface area contributed by atoms with Gasteiger partial charge in [-0.05, 0) is 80.1 Å². The van der Waals surface area contributed by atoms with Crippen molar-refractivity contribution in [2.45, 2.75) is 71.8 Å². The molecule has 0 aromatic heterocycles. The summed E-state index contributed by atoms with van der Waals surface area (Å²) in [6.07, 6.45) is 7.97. The van der Waals surface area contributed by atoms with E-state index in [0.29, 0.717) is 24.0 Å². The SMILES string of the molecule is CC(=O)C1CCC2C3CCC4=CC(=O)CCC4(C)C3[C@H](O)CC12C. The smallest absolute Gasteiger partial charge is 0.155 e. The van der Waals surface area contributed by atoms with Gasteiger partial charge in [0.25, 0.3) is 0 Å². The van der Waals surface area contributed by atoms with Crippen LogP contribution in [-0.2, 0) is 9.59 Å². The molecule has 0 heterocycles. The first-order valence-electron chi connectivity index (χ1n) is 9.70. The number of allylic oxidation sites excluding steroid dienone is 1. The monoisotopic (exact) mass is 330 g/mol. The number of aliphatic hydroxyl groups is 1. The molecule has 0 aromatic carbocycles. The lowest BCUT2D eigenvalue weighted by atomic mass is 9.46. The fourth-order valence-corrected chi connectivity index (χ4v) is 7.35. The van der Waals surface area contributed by atoms with Crippen molar-refractivity contribution < 1.29 is 14.7 Å². The van der Waals surface area contributed by atoms with Gasteiger partial charge >= 0.3 is 0 Å². The number of hydrogen-bond donors (Lipinski definition) is 1. The Morgan fingerprint density at radius 3 is 2.67 bits per heavy atom. The summed E-state index contributed by atoms with van der Waals surface area (Å²) in [5.41, 5.74) is 1.23. The van der Waals surface area contributed by atoms with Crippen LogP contribution in [0.3, 0.4) is 0 Å². The van der Waals surface area contributed by atoms with Gasteiger partial charge in [-0.1, -0.05) is 19.4 Å². The molecule has 0 aromatic rings. The summed E-state index contributed by atoms with van der Waals surface area (Å²) in [5, 5.41) is 11.2. The van der Waals surface area contributed by atoms with E-state index in [2.05, 4.69) is 13.8 Å². The van der Waals surface area contributed by atoms with E-state index in [9.17, 15) is 14.7 Å². The summed E-state index contributed by atoms with van der Waals surface area (Å²) in [5.74, 6) is 1.99. The van der Waals surface area contributed by atoms with Crippen LogP contribution >= 0.6 is 0 Å². The summed E-state index contributed by atoms with van der Waals surface area (Å²) in [6, 6.07) is 0. The van der Waals surface area contributed by atoms with Gasteiger partial charge in [0.2, 0.25) is 0 Å². The van der Waals surface area contributed by atoms with Gasteiger partial charge in [0, 0.05) is 12.3 Å². The van der Waals surface area contributed by atoms with Crippen LogP contribution in [0, 0.1) is 34.5 Å². The van der Waals surface area contributed by atoms with Crippen molar-refractivity contribution in [2.75, 3.05) is 0 Å². The molecule has 3 fully saturated rings. The first-order chi connectivity index (χ1) is 11.3. The zero-order chi connectivity index (χ0) is 17.3. The highest BCUT2D eigenvalue weighted by atomic mass is 16.3. The Bertz CT molecular complexity index is 621. The lowest BCUT2D eigenvalue weighted by Crippen LogP contribution is -2.56. The molecule has 0 radical (unpaired) electrons. The minimum atomic E-state index is -0.349. The quantitative estimate of drug-likeness (QED) is 0.797. The number of Topliss-reactive ketones (excluding diaryl/α,β-unsaturated/α-hetero) is 1. The third-order valence-corrected chi connectivity index (χ3v) is 8.38. The minimum absolute atomic E-state index is 0.0219. The van der Waals surface area contributed by atoms with Crippen molar-refractivity contribution >= 4 is 11.6 Å². The summed E-state index contributed by atoms with van der Waals surface area (Å²) in [4.78, 5) is 24.0. The van der Waals surface area contributed by atoms with Crippen LogP contribution in [0.2, 0.25) is 0 Å². The molecule has 4 aliphatic rings. The Balaban J connectivity index is 1.72. The van der Waals surface area contributed by atoms with E-state index in [1.807, 2.05) is 6.08 Å². The molecule has 0 spiro atoms. The maximum atomic E-state index is 12.2. The molecule has 132 valence electrons. The molecule has 3 nitrogen and oxygen atoms in total. The molecule has 4 rings (SSSR count). The van der Waals surface area contributed by atoms with E-state index in [-0.39, 0.29) is 34.6 Å². The molecule has 0 aliphatic heterocycles. The second-order valence-electron chi connectivity index (χ2n) is 9.41. The highest BCUT2D eigenvalue weighted by Crippen LogP contribution is 2.66. The summed E-state index contributed by atoms with van der Waals surface area (Å²) in [6.45, 7) is 6.27. The Hall–Kier alpha value is -0.960. The topological polar surface area (TPSA) is 54.4 Å². The second kappa shape index (κ2) is 5.27. The third-order valence-electron chi connectivity index (χ3n) is 8.38. The van der Waals surface area contributed by atoms with Gasteiger partial charge in [-0.15, -0.1) is 0 Å². The molecule has 7 atom stereocenters. The molecule has 3 saturated carbocycles. The standard InChI is InChI=1S/C21H30O3/c1-12(22)16-6-7-17-15-5-4-13-10-14(23)8-9-20(13,2)19(15)18(24)11-21(16,17)3/h10,15-19,24H,4-9,11H2,1-3H3/t15?,16?,17?,18-,19?,20?,21?/m1/s1. The fourth-order valence-electron chi connectivity index (χ4n) is 7.35. The van der Waals surface area contributed by atoms with E-state index in [1.54, 1.807) is 6.92 Å². The molecule has 1 N–H and O–H groups in total. The van der Waals surface area contributed by atoms with E-state index >= 15 is 0 Å². The molecule has 3 heteroatoms. The zero-order valence-electron chi connectivity index (χ0n) is 15.2. The van der Waals surface area contributed by atoms with Crippen molar-refractivity contribution in [2.24, 2.45) is 34.5 Å². The Morgan fingerprint density at radius 2 is 1.96 bits per heavy atom. The number of carbonyl (C=O) groups excluding carboxylic acids is 2. The van der Waals surface area contributed by atoms with Gasteiger partial charge in [-0.2, -0.15) is 0 Å². The van der Waals surface area contributed by atoms with Crippen LogP contribution in [0.15, 0.2) is 11.6 Å². The van der Waals surface area contributed by atoms with Gasteiger partial charge in [0.05, 0.1) is 6.10 Å². The van der Waals surface area contributed by atoms with Crippen LogP contribution in [0.25, 0.3) is 0 Å². The molecular weight excluding hydrogens is 300 g/mol. The fraction of sp³-hybridized carbons (Fsp3) is 0.810. The van der Waals surface area contributed by atoms with Crippen LogP contribution in [0.1, 0.15) is 65.7 Å². The van der Waals surface area contributed by atoms with Gasteiger partial charge in [-0.3, -0.25) is 9.59 Å². The number of carbonyl (C=O) groups is 2. The molecule has 6 unspecified atom stereocenters. The molecule has 4 aliphatic carbocycles. The summed E-state index contributed by atoms with van der Waals surface area (Å²) >= 11 is 0. The highest BCUT2D eigenvalue weighted by molar-refractivity contribution is 5.91. The minimum Gasteiger partial charge on any atom is -0.393 e. The number of rotatable bonds is 1. The van der Waals surface area contributed by atoms with Gasteiger partial charge in [-0.25, -0.2) is 0 Å². The average molecular weight is 330 g/mol. The number of hydrogen-bond acceptors (Lipinski definition) is 3. The van der Waals surface area contributed by atoms with Gasteiger partial charge in [0.1, 0.15) is 5.78 Å². The van der Waals surface area contributed by atoms with Crippen molar-refractivity contribution in [3.63, 3.8) is 0 Å². The Morgan fingerprint density at radius 1 is 1.21 bits per heavy atom. The summed E-state index contributed by atoms with van der Waals surface area (Å²) in [7, 11) is 0. The van der Waals surface area contributed by atoms with Crippen molar-refractivity contribution in [1.82, 2.24) is 0 Å². The number of fused-ring (bicyclic) bond motifs is 5. The maximum Gasteiger partial charge on any atom is 0.155 e. The van der Waals surface area contributed by atoms with Crippen LogP contribution < -0.4 is 0 Å². The zero-order valence-corrected chi connectivity index (χ0v) is 15.2. The first-order valence-corrected chi connectivity index (χ1v) is 9.70. The number of ketones is 2. The van der Waals surface area contributed by atoms with Crippen molar-refractivity contribution in [3.8, 4) is 0 Å². The van der Waals surface area contributed by atoms with Crippen molar-refractivity contribution in [1.29, 1.82) is 0 Å². The van der Waals surface area contributed by atoms with E-state index < -0.39 is 0 Å². The summed E-state index contributed by atoms with van der Waals surface area (Å²) < 4.78 is 0. The number of aliphatic hydroxyl groups excluding tert-OH is 1. The molecule has 24 heavy (non-hydrogen) atoms. The van der Waals surface area contributed by atoms with E-state index in [4.69, 9.17) is 0 Å². The van der Waals surface area contributed by atoms with Crippen molar-refractivity contribution in [3.05, 3.63) is 11.6 Å². The van der Waals surface area contributed by atoms with E-state index in [1.165, 1.54) is 5.57 Å². The predicted octanol–water partition coefficient (Wildman–Crippen LogP) is 3.69. The maximum absolute atomic E-state index is 12.2. The van der Waals surface area contributed by atoms with Gasteiger partial charge in [0.15, 0.2) is 5.78 Å². The molecule has 0 amide bonds. The normalized spacial score (nSPS) is 50.6. The van der Waals surface area contributed by atoms with Gasteiger partial charge < -0.3 is 5.11 Å². The van der Waals surface area contributed by atoms with Crippen LogP contribution in [0.4, 0.5) is 0 Å². The van der Waals surface area contributed by atoms with Crippen LogP contribution in [-0.4, -0.2) is 22.8 Å². The largest absolute Gasteiger partial charge is 0.393 e. The lowest BCUT2D eigenvalue weighted by molar-refractivity contribution is -0.143. The van der Waals surface area contributed by atoms with Crippen LogP contribution in [0.5, 0.6) is 0 Å². The third kappa shape index (κ3) is 2.06. The lowest BCUT2D eigenvalue weighted by Gasteiger charge is -2.59. The second-order valence-corrected chi connectivity index (χ2v) is 9.41. The highest BCUT2D eigenvalue weighted by Gasteiger charge is 2.62. The Labute approximate surface area is 144 Å². The van der Waals surface area contributed by atoms with E-state index in [0.717, 1.165) is 38.5 Å². The molecule has 0 saturated heterocycles. The predicted molar refractivity (Wildman–Crippen MR) is 92.3 cm³/mol. The molecular formula is C21H30O3. The Kier molecular flexibility index (Phi) is 3.62.